The first kappa shape index (κ1) is 10.6. The van der Waals surface area contributed by atoms with E-state index in [2.05, 4.69) is 22.6 Å². The summed E-state index contributed by atoms with van der Waals surface area (Å²) in [6, 6.07) is 0. The number of halogens is 1. The number of hydrogen-bond acceptors (Lipinski definition) is 2. The summed E-state index contributed by atoms with van der Waals surface area (Å²) in [5, 5.41) is 0. The summed E-state index contributed by atoms with van der Waals surface area (Å²) in [7, 11) is -1.35. The van der Waals surface area contributed by atoms with Gasteiger partial charge in [0.25, 0.3) is 0 Å². The Labute approximate surface area is 76.0 Å². The Bertz CT molecular complexity index is 178. The summed E-state index contributed by atoms with van der Waals surface area (Å²) in [6.07, 6.45) is 2.14. The summed E-state index contributed by atoms with van der Waals surface area (Å²) < 4.78 is 23.9. The fraction of sp³-hybridized carbons (Fsp3) is 1.00. The first-order valence-electron chi connectivity index (χ1n) is 2.95. The van der Waals surface area contributed by atoms with Crippen LogP contribution in [0.15, 0.2) is 0 Å². The first-order valence-corrected chi connectivity index (χ1v) is 6.33. The van der Waals surface area contributed by atoms with Gasteiger partial charge in [0.15, 0.2) is 0 Å². The maximum atomic E-state index is 10.8. The van der Waals surface area contributed by atoms with Crippen LogP contribution in [-0.4, -0.2) is 37.0 Å². The zero-order valence-corrected chi connectivity index (χ0v) is 9.15. The van der Waals surface area contributed by atoms with Crippen LogP contribution in [0.5, 0.6) is 0 Å². The predicted molar refractivity (Wildman–Crippen MR) is 51.0 cm³/mol. The van der Waals surface area contributed by atoms with Crippen molar-refractivity contribution in [1.29, 1.82) is 0 Å². The van der Waals surface area contributed by atoms with Crippen molar-refractivity contribution in [1.82, 2.24) is 4.31 Å². The number of hydrogen-bond donors (Lipinski definition) is 0. The predicted octanol–water partition coefficient (Wildman–Crippen LogP) is 0.703. The lowest BCUT2D eigenvalue weighted by molar-refractivity contribution is 0.476. The molecule has 0 heterocycles. The lowest BCUT2D eigenvalue weighted by Gasteiger charge is -2.11. The molecule has 0 aromatic rings. The van der Waals surface area contributed by atoms with Crippen LogP contribution in [0, 0.1) is 0 Å². The maximum absolute atomic E-state index is 10.8. The SMILES string of the molecule is CN(CCCI)S(C)(=O)=O. The first-order chi connectivity index (χ1) is 4.48. The summed E-state index contributed by atoms with van der Waals surface area (Å²) in [4.78, 5) is 0. The second kappa shape index (κ2) is 4.50. The van der Waals surface area contributed by atoms with Gasteiger partial charge in [0, 0.05) is 18.0 Å². The maximum Gasteiger partial charge on any atom is 0.210 e. The van der Waals surface area contributed by atoms with Crippen molar-refractivity contribution < 1.29 is 8.42 Å². The van der Waals surface area contributed by atoms with Gasteiger partial charge in [-0.05, 0) is 6.42 Å². The molecule has 10 heavy (non-hydrogen) atoms. The van der Waals surface area contributed by atoms with Crippen molar-refractivity contribution in [2.24, 2.45) is 0 Å². The van der Waals surface area contributed by atoms with E-state index in [1.54, 1.807) is 7.05 Å². The molecule has 0 aliphatic carbocycles. The van der Waals surface area contributed by atoms with E-state index >= 15 is 0 Å². The third kappa shape index (κ3) is 4.45. The molecule has 0 spiro atoms. The summed E-state index contributed by atoms with van der Waals surface area (Å²) in [6.45, 7) is 0.627. The molecule has 0 saturated carbocycles. The van der Waals surface area contributed by atoms with Crippen molar-refractivity contribution in [2.45, 2.75) is 6.42 Å². The Morgan fingerprint density at radius 3 is 2.30 bits per heavy atom. The van der Waals surface area contributed by atoms with Gasteiger partial charge in [0.05, 0.1) is 6.26 Å². The lowest BCUT2D eigenvalue weighted by Crippen LogP contribution is -2.26. The molecule has 62 valence electrons. The minimum atomic E-state index is -2.95. The fourth-order valence-electron chi connectivity index (χ4n) is 0.448. The van der Waals surface area contributed by atoms with Gasteiger partial charge in [-0.3, -0.25) is 0 Å². The Morgan fingerprint density at radius 2 is 2.00 bits per heavy atom. The smallest absolute Gasteiger partial charge is 0.210 e. The summed E-state index contributed by atoms with van der Waals surface area (Å²) in [5.41, 5.74) is 0. The molecule has 0 fully saturated rings. The van der Waals surface area contributed by atoms with Gasteiger partial charge in [-0.1, -0.05) is 22.6 Å². The molecule has 0 unspecified atom stereocenters. The van der Waals surface area contributed by atoms with Gasteiger partial charge in [0.2, 0.25) is 10.0 Å². The molecule has 0 aliphatic rings. The third-order valence-electron chi connectivity index (χ3n) is 1.17. The standard InChI is InChI=1S/C5H12INO2S/c1-7(5-3-4-6)10(2,8)9/h3-5H2,1-2H3. The largest absolute Gasteiger partial charge is 0.213 e. The zero-order valence-electron chi connectivity index (χ0n) is 6.17. The Kier molecular flexibility index (Phi) is 4.79. The van der Waals surface area contributed by atoms with Crippen LogP contribution in [0.4, 0.5) is 0 Å². The van der Waals surface area contributed by atoms with Crippen LogP contribution in [0.2, 0.25) is 0 Å². The Balaban J connectivity index is 3.75. The number of nitrogens with zero attached hydrogens (tertiary/aromatic N) is 1. The van der Waals surface area contributed by atoms with E-state index in [0.717, 1.165) is 10.8 Å². The lowest BCUT2D eigenvalue weighted by atomic mass is 10.5. The van der Waals surface area contributed by atoms with E-state index in [4.69, 9.17) is 0 Å². The van der Waals surface area contributed by atoms with Gasteiger partial charge in [0.1, 0.15) is 0 Å². The molecule has 0 aromatic carbocycles. The Morgan fingerprint density at radius 1 is 1.50 bits per heavy atom. The van der Waals surface area contributed by atoms with Crippen molar-refractivity contribution in [3.8, 4) is 0 Å². The monoisotopic (exact) mass is 277 g/mol. The number of rotatable bonds is 4. The van der Waals surface area contributed by atoms with Crippen LogP contribution in [-0.2, 0) is 10.0 Å². The second-order valence-corrected chi connectivity index (χ2v) is 5.30. The molecule has 0 saturated heterocycles. The van der Waals surface area contributed by atoms with Crippen molar-refractivity contribution in [3.05, 3.63) is 0 Å². The van der Waals surface area contributed by atoms with Crippen LogP contribution in [0.3, 0.4) is 0 Å². The average molecular weight is 277 g/mol. The van der Waals surface area contributed by atoms with Gasteiger partial charge in [-0.15, -0.1) is 0 Å². The number of alkyl halides is 1. The molecule has 0 amide bonds. The fourth-order valence-corrected chi connectivity index (χ4v) is 1.25. The highest BCUT2D eigenvalue weighted by molar-refractivity contribution is 14.1. The summed E-state index contributed by atoms with van der Waals surface area (Å²) >= 11 is 2.23. The highest BCUT2D eigenvalue weighted by Crippen LogP contribution is 1.96. The van der Waals surface area contributed by atoms with Crippen molar-refractivity contribution >= 4 is 32.6 Å². The van der Waals surface area contributed by atoms with Crippen molar-refractivity contribution in [2.75, 3.05) is 24.3 Å². The van der Waals surface area contributed by atoms with E-state index in [-0.39, 0.29) is 0 Å². The molecule has 0 aliphatic heterocycles. The van der Waals surface area contributed by atoms with E-state index in [9.17, 15) is 8.42 Å². The highest BCUT2D eigenvalue weighted by Gasteiger charge is 2.08. The quantitative estimate of drug-likeness (QED) is 0.560. The zero-order chi connectivity index (χ0) is 8.20. The number of sulfonamides is 1. The van der Waals surface area contributed by atoms with Crippen molar-refractivity contribution in [3.63, 3.8) is 0 Å². The van der Waals surface area contributed by atoms with Crippen LogP contribution >= 0.6 is 22.6 Å². The molecule has 0 N–H and O–H groups in total. The molecule has 3 nitrogen and oxygen atoms in total. The molecule has 0 bridgehead atoms. The van der Waals surface area contributed by atoms with Gasteiger partial charge in [-0.2, -0.15) is 0 Å². The molecular weight excluding hydrogens is 265 g/mol. The molecule has 0 aromatic heterocycles. The van der Waals surface area contributed by atoms with Crippen LogP contribution in [0.25, 0.3) is 0 Å². The molecule has 0 rings (SSSR count). The van der Waals surface area contributed by atoms with E-state index in [0.29, 0.717) is 6.54 Å². The molecule has 5 heteroatoms. The minimum Gasteiger partial charge on any atom is -0.213 e. The molecular formula is C5H12INO2S. The Hall–Kier alpha value is 0.640. The normalized spacial score (nSPS) is 12.4. The molecule has 0 radical (unpaired) electrons. The van der Waals surface area contributed by atoms with Crippen LogP contribution in [0.1, 0.15) is 6.42 Å². The van der Waals surface area contributed by atoms with Crippen LogP contribution < -0.4 is 0 Å². The van der Waals surface area contributed by atoms with E-state index < -0.39 is 10.0 Å². The van der Waals surface area contributed by atoms with Gasteiger partial charge < -0.3 is 0 Å². The van der Waals surface area contributed by atoms with Gasteiger partial charge in [-0.25, -0.2) is 12.7 Å². The minimum absolute atomic E-state index is 0.627. The van der Waals surface area contributed by atoms with E-state index in [1.807, 2.05) is 0 Å². The summed E-state index contributed by atoms with van der Waals surface area (Å²) in [5.74, 6) is 0. The highest BCUT2D eigenvalue weighted by atomic mass is 127. The van der Waals surface area contributed by atoms with E-state index in [1.165, 1.54) is 10.6 Å². The average Bonchev–Trinajstić information content (AvgIpc) is 1.80. The molecule has 0 atom stereocenters. The van der Waals surface area contributed by atoms with Gasteiger partial charge >= 0.3 is 0 Å². The second-order valence-electron chi connectivity index (χ2n) is 2.13. The third-order valence-corrected chi connectivity index (χ3v) is 3.25. The topological polar surface area (TPSA) is 37.4 Å².